The molecule has 1 aliphatic heterocycles. The fourth-order valence-corrected chi connectivity index (χ4v) is 4.09. The Labute approximate surface area is 116 Å². The Balaban J connectivity index is 2.37. The molecule has 19 heavy (non-hydrogen) atoms. The lowest BCUT2D eigenvalue weighted by Gasteiger charge is -2.28. The van der Waals surface area contributed by atoms with Crippen LogP contribution < -0.4 is 0 Å². The van der Waals surface area contributed by atoms with E-state index in [-0.39, 0.29) is 22.4 Å². The number of piperidine rings is 1. The van der Waals surface area contributed by atoms with Gasteiger partial charge in [-0.15, -0.1) is 0 Å². The summed E-state index contributed by atoms with van der Waals surface area (Å²) in [6.45, 7) is 0.457. The van der Waals surface area contributed by atoms with Crippen LogP contribution in [0.3, 0.4) is 0 Å². The highest BCUT2D eigenvalue weighted by Gasteiger charge is 2.31. The summed E-state index contributed by atoms with van der Waals surface area (Å²) in [4.78, 5) is -0.243. The zero-order chi connectivity index (χ0) is 14.0. The molecule has 4 nitrogen and oxygen atoms in total. The van der Waals surface area contributed by atoms with Gasteiger partial charge in [-0.1, -0.05) is 11.6 Å². The van der Waals surface area contributed by atoms with Crippen LogP contribution in [0.15, 0.2) is 23.1 Å². The first-order chi connectivity index (χ1) is 8.95. The molecule has 102 valence electrons. The second-order valence-electron chi connectivity index (χ2n) is 4.41. The summed E-state index contributed by atoms with van der Waals surface area (Å²) in [7, 11) is -3.85. The molecule has 1 aromatic carbocycles. The van der Waals surface area contributed by atoms with Crippen LogP contribution in [0.25, 0.3) is 0 Å². The van der Waals surface area contributed by atoms with E-state index < -0.39 is 15.8 Å². The number of nitrogens with zero attached hydrogens (tertiary/aromatic N) is 2. The monoisotopic (exact) mass is 302 g/mol. The van der Waals surface area contributed by atoms with Gasteiger partial charge in [0.1, 0.15) is 10.7 Å². The Hall–Kier alpha value is -1.16. The quantitative estimate of drug-likeness (QED) is 0.843. The average molecular weight is 303 g/mol. The molecular formula is C12H12ClFN2O2S. The molecule has 0 aliphatic carbocycles. The average Bonchev–Trinajstić information content (AvgIpc) is 2.41. The van der Waals surface area contributed by atoms with Gasteiger partial charge in [0.15, 0.2) is 0 Å². The van der Waals surface area contributed by atoms with Crippen LogP contribution >= 0.6 is 11.6 Å². The minimum atomic E-state index is -3.85. The van der Waals surface area contributed by atoms with Crippen molar-refractivity contribution in [3.63, 3.8) is 0 Å². The van der Waals surface area contributed by atoms with Gasteiger partial charge >= 0.3 is 0 Å². The molecule has 1 fully saturated rings. The molecule has 1 aromatic rings. The predicted molar refractivity (Wildman–Crippen MR) is 68.5 cm³/mol. The van der Waals surface area contributed by atoms with Crippen LogP contribution in [0.5, 0.6) is 0 Å². The maximum atomic E-state index is 13.2. The summed E-state index contributed by atoms with van der Waals surface area (Å²) in [5.74, 6) is -0.979. The van der Waals surface area contributed by atoms with Crippen molar-refractivity contribution in [1.29, 1.82) is 5.26 Å². The van der Waals surface area contributed by atoms with Gasteiger partial charge in [-0.05, 0) is 31.0 Å². The van der Waals surface area contributed by atoms with E-state index in [1.807, 2.05) is 0 Å². The van der Waals surface area contributed by atoms with Crippen LogP contribution in [0.4, 0.5) is 4.39 Å². The van der Waals surface area contributed by atoms with E-state index in [2.05, 4.69) is 6.07 Å². The van der Waals surface area contributed by atoms with Crippen LogP contribution in [0, 0.1) is 23.1 Å². The molecular weight excluding hydrogens is 291 g/mol. The molecule has 1 heterocycles. The normalized spacial score (nSPS) is 21.0. The lowest BCUT2D eigenvalue weighted by Crippen LogP contribution is -2.39. The Bertz CT molecular complexity index is 627. The molecule has 0 N–H and O–H groups in total. The molecule has 0 bridgehead atoms. The lowest BCUT2D eigenvalue weighted by molar-refractivity contribution is 0.305. The van der Waals surface area contributed by atoms with Crippen LogP contribution in [0.2, 0.25) is 5.02 Å². The molecule has 1 unspecified atom stereocenters. The number of sulfonamides is 1. The molecule has 0 aromatic heterocycles. The van der Waals surface area contributed by atoms with Gasteiger partial charge in [-0.25, -0.2) is 12.8 Å². The van der Waals surface area contributed by atoms with Crippen molar-refractivity contribution in [2.24, 2.45) is 5.92 Å². The highest BCUT2D eigenvalue weighted by molar-refractivity contribution is 7.89. The Kier molecular flexibility index (Phi) is 4.09. The first-order valence-electron chi connectivity index (χ1n) is 5.80. The molecule has 1 atom stereocenters. The van der Waals surface area contributed by atoms with E-state index in [9.17, 15) is 12.8 Å². The SMILES string of the molecule is N#CC1CCCN(S(=O)(=O)c2cc(F)ccc2Cl)C1. The van der Waals surface area contributed by atoms with Gasteiger partial charge in [-0.3, -0.25) is 0 Å². The highest BCUT2D eigenvalue weighted by Crippen LogP contribution is 2.28. The summed E-state index contributed by atoms with van der Waals surface area (Å²) in [5.41, 5.74) is 0. The van der Waals surface area contributed by atoms with Crippen LogP contribution in [0.1, 0.15) is 12.8 Å². The van der Waals surface area contributed by atoms with E-state index in [4.69, 9.17) is 16.9 Å². The predicted octanol–water partition coefficient (Wildman–Crippen LogP) is 2.40. The number of nitriles is 1. The molecule has 7 heteroatoms. The van der Waals surface area contributed by atoms with Gasteiger partial charge in [0.25, 0.3) is 0 Å². The van der Waals surface area contributed by atoms with E-state index in [0.29, 0.717) is 19.4 Å². The van der Waals surface area contributed by atoms with Crippen molar-refractivity contribution in [2.45, 2.75) is 17.7 Å². The van der Waals surface area contributed by atoms with Crippen molar-refractivity contribution < 1.29 is 12.8 Å². The van der Waals surface area contributed by atoms with Crippen molar-refractivity contribution in [1.82, 2.24) is 4.31 Å². The van der Waals surface area contributed by atoms with E-state index in [1.165, 1.54) is 10.4 Å². The van der Waals surface area contributed by atoms with Crippen molar-refractivity contribution in [3.05, 3.63) is 29.0 Å². The second-order valence-corrected chi connectivity index (χ2v) is 6.72. The Morgan fingerprint density at radius 1 is 1.47 bits per heavy atom. The molecule has 0 radical (unpaired) electrons. The largest absolute Gasteiger partial charge is 0.244 e. The van der Waals surface area contributed by atoms with Crippen LogP contribution in [-0.2, 0) is 10.0 Å². The zero-order valence-corrected chi connectivity index (χ0v) is 11.6. The van der Waals surface area contributed by atoms with E-state index in [0.717, 1.165) is 12.1 Å². The number of benzene rings is 1. The summed E-state index contributed by atoms with van der Waals surface area (Å²) in [6, 6.07) is 5.31. The first kappa shape index (κ1) is 14.3. The summed E-state index contributed by atoms with van der Waals surface area (Å²) < 4.78 is 39.2. The third-order valence-electron chi connectivity index (χ3n) is 3.08. The first-order valence-corrected chi connectivity index (χ1v) is 7.62. The number of rotatable bonds is 2. The van der Waals surface area contributed by atoms with Gasteiger partial charge in [0.05, 0.1) is 17.0 Å². The maximum absolute atomic E-state index is 13.2. The fraction of sp³-hybridized carbons (Fsp3) is 0.417. The molecule has 1 saturated heterocycles. The topological polar surface area (TPSA) is 61.2 Å². The smallest absolute Gasteiger partial charge is 0.207 e. The third-order valence-corrected chi connectivity index (χ3v) is 5.42. The zero-order valence-electron chi connectivity index (χ0n) is 10.0. The number of hydrogen-bond donors (Lipinski definition) is 0. The van der Waals surface area contributed by atoms with E-state index in [1.54, 1.807) is 0 Å². The van der Waals surface area contributed by atoms with Gasteiger partial charge < -0.3 is 0 Å². The minimum absolute atomic E-state index is 0.0134. The van der Waals surface area contributed by atoms with Crippen molar-refractivity contribution >= 4 is 21.6 Å². The third kappa shape index (κ3) is 2.89. The Morgan fingerprint density at radius 3 is 2.89 bits per heavy atom. The summed E-state index contributed by atoms with van der Waals surface area (Å²) in [5, 5.41) is 8.87. The molecule has 2 rings (SSSR count). The van der Waals surface area contributed by atoms with Crippen LogP contribution in [-0.4, -0.2) is 25.8 Å². The fourth-order valence-electron chi connectivity index (χ4n) is 2.08. The van der Waals surface area contributed by atoms with Crippen molar-refractivity contribution in [3.8, 4) is 6.07 Å². The summed E-state index contributed by atoms with van der Waals surface area (Å²) >= 11 is 5.83. The molecule has 0 spiro atoms. The molecule has 1 aliphatic rings. The lowest BCUT2D eigenvalue weighted by atomic mass is 10.0. The van der Waals surface area contributed by atoms with Gasteiger partial charge in [-0.2, -0.15) is 9.57 Å². The minimum Gasteiger partial charge on any atom is -0.207 e. The van der Waals surface area contributed by atoms with E-state index >= 15 is 0 Å². The highest BCUT2D eigenvalue weighted by atomic mass is 35.5. The standard InChI is InChI=1S/C12H12ClFN2O2S/c13-11-4-3-10(14)6-12(11)19(17,18)16-5-1-2-9(7-15)8-16/h3-4,6,9H,1-2,5,8H2. The number of hydrogen-bond acceptors (Lipinski definition) is 3. The second kappa shape index (κ2) is 5.45. The summed E-state index contributed by atoms with van der Waals surface area (Å²) in [6.07, 6.45) is 1.30. The van der Waals surface area contributed by atoms with Crippen molar-refractivity contribution in [2.75, 3.05) is 13.1 Å². The molecule has 0 amide bonds. The molecule has 0 saturated carbocycles. The maximum Gasteiger partial charge on any atom is 0.244 e. The van der Waals surface area contributed by atoms with Gasteiger partial charge in [0.2, 0.25) is 10.0 Å². The van der Waals surface area contributed by atoms with Gasteiger partial charge in [0, 0.05) is 13.1 Å². The Morgan fingerprint density at radius 2 is 2.21 bits per heavy atom. The number of halogens is 2.